The predicted octanol–water partition coefficient (Wildman–Crippen LogP) is 4.63. The number of rotatable bonds is 2. The zero-order valence-corrected chi connectivity index (χ0v) is 16.8. The lowest BCUT2D eigenvalue weighted by molar-refractivity contribution is -0.137. The van der Waals surface area contributed by atoms with Crippen molar-refractivity contribution >= 4 is 16.9 Å². The molecule has 0 atom stereocenters. The summed E-state index contributed by atoms with van der Waals surface area (Å²) in [5.41, 5.74) is 0.940. The smallest absolute Gasteiger partial charge is 0.416 e. The van der Waals surface area contributed by atoms with Crippen molar-refractivity contribution in [1.82, 2.24) is 14.5 Å². The largest absolute Gasteiger partial charge is 0.454 e. The number of ether oxygens (including phenoxy) is 2. The SMILES string of the molecule is CC(=O)N1CCC(n2c(-c3ccc4c(c3)OCO4)nc3cc(C(F)(F)F)ccc32)CC1. The number of piperidine rings is 1. The Morgan fingerprint density at radius 3 is 2.52 bits per heavy atom. The third-order valence-corrected chi connectivity index (χ3v) is 5.92. The molecular weight excluding hydrogens is 411 g/mol. The summed E-state index contributed by atoms with van der Waals surface area (Å²) in [7, 11) is 0. The molecule has 31 heavy (non-hydrogen) atoms. The van der Waals surface area contributed by atoms with E-state index in [0.29, 0.717) is 48.8 Å². The first-order valence-electron chi connectivity index (χ1n) is 10.1. The van der Waals surface area contributed by atoms with E-state index >= 15 is 0 Å². The average molecular weight is 431 g/mol. The van der Waals surface area contributed by atoms with Crippen molar-refractivity contribution in [3.05, 3.63) is 42.0 Å². The van der Waals surface area contributed by atoms with E-state index < -0.39 is 11.7 Å². The second kappa shape index (κ2) is 7.18. The third-order valence-electron chi connectivity index (χ3n) is 5.92. The molecule has 6 nitrogen and oxygen atoms in total. The van der Waals surface area contributed by atoms with Crippen LogP contribution in [0.15, 0.2) is 36.4 Å². The zero-order valence-electron chi connectivity index (χ0n) is 16.8. The monoisotopic (exact) mass is 431 g/mol. The van der Waals surface area contributed by atoms with E-state index in [9.17, 15) is 18.0 Å². The molecular formula is C22H20F3N3O3. The number of hydrogen-bond acceptors (Lipinski definition) is 4. The predicted molar refractivity (Wildman–Crippen MR) is 107 cm³/mol. The van der Waals surface area contributed by atoms with Gasteiger partial charge in [0.15, 0.2) is 11.5 Å². The van der Waals surface area contributed by atoms with E-state index in [0.717, 1.165) is 17.7 Å². The Bertz CT molecular complexity index is 1160. The molecule has 2 aliphatic rings. The second-order valence-electron chi connectivity index (χ2n) is 7.81. The average Bonchev–Trinajstić information content (AvgIpc) is 3.36. The fourth-order valence-corrected chi connectivity index (χ4v) is 4.32. The van der Waals surface area contributed by atoms with Crippen LogP contribution in [0.2, 0.25) is 0 Å². The Kier molecular flexibility index (Phi) is 4.56. The highest BCUT2D eigenvalue weighted by Gasteiger charge is 2.32. The van der Waals surface area contributed by atoms with Gasteiger partial charge in [0.05, 0.1) is 16.6 Å². The van der Waals surface area contributed by atoms with E-state index in [1.807, 2.05) is 10.6 Å². The summed E-state index contributed by atoms with van der Waals surface area (Å²) >= 11 is 0. The van der Waals surface area contributed by atoms with Crippen molar-refractivity contribution < 1.29 is 27.4 Å². The van der Waals surface area contributed by atoms with Gasteiger partial charge >= 0.3 is 6.18 Å². The maximum atomic E-state index is 13.3. The van der Waals surface area contributed by atoms with Gasteiger partial charge < -0.3 is 18.9 Å². The van der Waals surface area contributed by atoms with E-state index in [1.54, 1.807) is 24.0 Å². The van der Waals surface area contributed by atoms with Crippen LogP contribution in [-0.4, -0.2) is 40.2 Å². The molecule has 9 heteroatoms. The summed E-state index contributed by atoms with van der Waals surface area (Å²) in [6.45, 7) is 2.87. The number of aromatic nitrogens is 2. The number of likely N-dealkylation sites (tertiary alicyclic amines) is 1. The number of benzene rings is 2. The zero-order chi connectivity index (χ0) is 21.8. The summed E-state index contributed by atoms with van der Waals surface area (Å²) in [6.07, 6.45) is -3.04. The minimum absolute atomic E-state index is 0.0118. The first kappa shape index (κ1) is 19.7. The quantitative estimate of drug-likeness (QED) is 0.594. The number of fused-ring (bicyclic) bond motifs is 2. The molecule has 0 radical (unpaired) electrons. The number of hydrogen-bond donors (Lipinski definition) is 0. The summed E-state index contributed by atoms with van der Waals surface area (Å²) in [5, 5.41) is 0. The third kappa shape index (κ3) is 3.47. The van der Waals surface area contributed by atoms with Gasteiger partial charge in [-0.15, -0.1) is 0 Å². The van der Waals surface area contributed by atoms with Crippen LogP contribution in [0.1, 0.15) is 31.4 Å². The van der Waals surface area contributed by atoms with Gasteiger partial charge in [-0.1, -0.05) is 0 Å². The molecule has 0 aliphatic carbocycles. The molecule has 2 aliphatic heterocycles. The molecule has 0 N–H and O–H groups in total. The van der Waals surface area contributed by atoms with Gasteiger partial charge in [0.1, 0.15) is 5.82 Å². The Labute approximate surface area is 176 Å². The highest BCUT2D eigenvalue weighted by Crippen LogP contribution is 2.40. The minimum Gasteiger partial charge on any atom is -0.454 e. The van der Waals surface area contributed by atoms with Gasteiger partial charge in [-0.05, 0) is 49.2 Å². The van der Waals surface area contributed by atoms with Crippen LogP contribution < -0.4 is 9.47 Å². The fourth-order valence-electron chi connectivity index (χ4n) is 4.32. The van der Waals surface area contributed by atoms with E-state index in [2.05, 4.69) is 4.98 Å². The van der Waals surface area contributed by atoms with Crippen LogP contribution in [-0.2, 0) is 11.0 Å². The summed E-state index contributed by atoms with van der Waals surface area (Å²) < 4.78 is 52.6. The molecule has 1 fully saturated rings. The van der Waals surface area contributed by atoms with Crippen molar-refractivity contribution in [1.29, 1.82) is 0 Å². The van der Waals surface area contributed by atoms with Crippen LogP contribution >= 0.6 is 0 Å². The fraction of sp³-hybridized carbons (Fsp3) is 0.364. The molecule has 1 amide bonds. The van der Waals surface area contributed by atoms with Crippen molar-refractivity contribution in [2.24, 2.45) is 0 Å². The molecule has 0 spiro atoms. The molecule has 0 bridgehead atoms. The van der Waals surface area contributed by atoms with Gasteiger partial charge in [-0.25, -0.2) is 4.98 Å². The van der Waals surface area contributed by atoms with Gasteiger partial charge in [-0.3, -0.25) is 4.79 Å². The minimum atomic E-state index is -4.44. The topological polar surface area (TPSA) is 56.6 Å². The molecule has 2 aromatic carbocycles. The highest BCUT2D eigenvalue weighted by molar-refractivity contribution is 5.82. The summed E-state index contributed by atoms with van der Waals surface area (Å²) in [5.74, 6) is 1.81. The van der Waals surface area contributed by atoms with Crippen LogP contribution in [0.3, 0.4) is 0 Å². The van der Waals surface area contributed by atoms with E-state index in [1.165, 1.54) is 6.07 Å². The summed E-state index contributed by atoms with van der Waals surface area (Å²) in [4.78, 5) is 18.1. The van der Waals surface area contributed by atoms with E-state index in [4.69, 9.17) is 9.47 Å². The molecule has 0 saturated carbocycles. The number of nitrogens with zero attached hydrogens (tertiary/aromatic N) is 3. The lowest BCUT2D eigenvalue weighted by atomic mass is 10.0. The maximum Gasteiger partial charge on any atom is 0.416 e. The van der Waals surface area contributed by atoms with E-state index in [-0.39, 0.29) is 24.3 Å². The van der Waals surface area contributed by atoms with Gasteiger partial charge in [0.25, 0.3) is 0 Å². The molecule has 5 rings (SSSR count). The molecule has 1 saturated heterocycles. The van der Waals surface area contributed by atoms with Crippen LogP contribution in [0.25, 0.3) is 22.4 Å². The number of carbonyl (C=O) groups excluding carboxylic acids is 1. The molecule has 0 unspecified atom stereocenters. The van der Waals surface area contributed by atoms with Crippen LogP contribution in [0.5, 0.6) is 11.5 Å². The Hall–Kier alpha value is -3.23. The number of amides is 1. The number of alkyl halides is 3. The molecule has 1 aromatic heterocycles. The second-order valence-corrected chi connectivity index (χ2v) is 7.81. The van der Waals surface area contributed by atoms with Gasteiger partial charge in [0.2, 0.25) is 12.7 Å². The lowest BCUT2D eigenvalue weighted by Gasteiger charge is -2.33. The molecule has 3 aromatic rings. The normalized spacial score (nSPS) is 16.8. The van der Waals surface area contributed by atoms with Crippen LogP contribution in [0.4, 0.5) is 13.2 Å². The van der Waals surface area contributed by atoms with Crippen molar-refractivity contribution in [2.75, 3.05) is 19.9 Å². The van der Waals surface area contributed by atoms with Gasteiger partial charge in [0, 0.05) is 31.6 Å². The maximum absolute atomic E-state index is 13.3. The van der Waals surface area contributed by atoms with Gasteiger partial charge in [-0.2, -0.15) is 13.2 Å². The standard InChI is InChI=1S/C22H20F3N3O3/c1-13(29)27-8-6-16(7-9-27)28-18-4-3-15(22(23,24)25)11-17(18)26-21(28)14-2-5-19-20(10-14)31-12-30-19/h2-5,10-11,16H,6-9,12H2,1H3. The molecule has 3 heterocycles. The molecule has 162 valence electrons. The first-order valence-corrected chi connectivity index (χ1v) is 10.1. The highest BCUT2D eigenvalue weighted by atomic mass is 19.4. The van der Waals surface area contributed by atoms with Crippen molar-refractivity contribution in [3.8, 4) is 22.9 Å². The summed E-state index contributed by atoms with van der Waals surface area (Å²) in [6, 6.07) is 9.09. The lowest BCUT2D eigenvalue weighted by Crippen LogP contribution is -2.37. The number of carbonyl (C=O) groups is 1. The Morgan fingerprint density at radius 2 is 1.81 bits per heavy atom. The van der Waals surface area contributed by atoms with Crippen LogP contribution in [0, 0.1) is 0 Å². The number of halogens is 3. The first-order chi connectivity index (χ1) is 14.8. The number of imidazole rings is 1. The Balaban J connectivity index is 1.62. The Morgan fingerprint density at radius 1 is 1.06 bits per heavy atom. The van der Waals surface area contributed by atoms with Crippen molar-refractivity contribution in [3.63, 3.8) is 0 Å². The van der Waals surface area contributed by atoms with Crippen molar-refractivity contribution in [2.45, 2.75) is 32.0 Å².